The lowest BCUT2D eigenvalue weighted by molar-refractivity contribution is -0.131. The fourth-order valence-electron chi connectivity index (χ4n) is 2.16. The zero-order chi connectivity index (χ0) is 14.4. The van der Waals surface area contributed by atoms with Crippen LogP contribution >= 0.6 is 0 Å². The Labute approximate surface area is 114 Å². The molecule has 0 heterocycles. The molecule has 1 N–H and O–H groups in total. The third-order valence-corrected chi connectivity index (χ3v) is 2.85. The summed E-state index contributed by atoms with van der Waals surface area (Å²) in [6, 6.07) is 4.20. The van der Waals surface area contributed by atoms with E-state index in [9.17, 15) is 4.79 Å². The largest absolute Gasteiger partial charge is 0.496 e. The van der Waals surface area contributed by atoms with Crippen LogP contribution in [-0.4, -0.2) is 36.7 Å². The van der Waals surface area contributed by atoms with E-state index in [0.29, 0.717) is 6.54 Å². The molecule has 0 aromatic heterocycles. The van der Waals surface area contributed by atoms with Gasteiger partial charge in [0.1, 0.15) is 5.75 Å². The van der Waals surface area contributed by atoms with Gasteiger partial charge < -0.3 is 9.84 Å². The van der Waals surface area contributed by atoms with Gasteiger partial charge in [-0.2, -0.15) is 0 Å². The number of aryl methyl sites for hydroxylation is 2. The smallest absolute Gasteiger partial charge is 0.328 e. The number of rotatable bonds is 6. The van der Waals surface area contributed by atoms with Crippen LogP contribution in [0, 0.1) is 13.8 Å². The summed E-state index contributed by atoms with van der Waals surface area (Å²) in [5.41, 5.74) is 3.43. The molecule has 1 rings (SSSR count). The Morgan fingerprint density at radius 3 is 2.42 bits per heavy atom. The van der Waals surface area contributed by atoms with Crippen molar-refractivity contribution >= 4 is 5.97 Å². The summed E-state index contributed by atoms with van der Waals surface area (Å²) >= 11 is 0. The number of ether oxygens (including phenoxy) is 1. The van der Waals surface area contributed by atoms with Gasteiger partial charge in [0.05, 0.1) is 7.11 Å². The molecule has 1 aromatic carbocycles. The van der Waals surface area contributed by atoms with E-state index in [1.54, 1.807) is 13.2 Å². The average molecular weight is 263 g/mol. The number of hydrogen-bond acceptors (Lipinski definition) is 3. The van der Waals surface area contributed by atoms with Gasteiger partial charge in [-0.25, -0.2) is 4.79 Å². The number of likely N-dealkylation sites (N-methyl/N-ethyl adjacent to an activating group) is 1. The Kier molecular flexibility index (Phi) is 5.57. The van der Waals surface area contributed by atoms with E-state index in [0.717, 1.165) is 23.4 Å². The summed E-state index contributed by atoms with van der Waals surface area (Å²) in [6.45, 7) is 5.44. The van der Waals surface area contributed by atoms with Crippen molar-refractivity contribution in [3.63, 3.8) is 0 Å². The number of nitrogens with zero attached hydrogens (tertiary/aromatic N) is 1. The highest BCUT2D eigenvalue weighted by Gasteiger charge is 2.06. The fourth-order valence-corrected chi connectivity index (χ4v) is 2.16. The minimum Gasteiger partial charge on any atom is -0.496 e. The van der Waals surface area contributed by atoms with Gasteiger partial charge >= 0.3 is 5.97 Å². The number of carboxylic acid groups (broad SMARTS) is 1. The molecule has 0 bridgehead atoms. The third kappa shape index (κ3) is 4.75. The van der Waals surface area contributed by atoms with E-state index in [-0.39, 0.29) is 0 Å². The number of benzene rings is 1. The second kappa shape index (κ2) is 6.95. The van der Waals surface area contributed by atoms with Gasteiger partial charge in [0.25, 0.3) is 0 Å². The van der Waals surface area contributed by atoms with Crippen LogP contribution in [0.3, 0.4) is 0 Å². The Morgan fingerprint density at radius 1 is 1.37 bits per heavy atom. The van der Waals surface area contributed by atoms with E-state index in [1.165, 1.54) is 11.6 Å². The molecule has 0 aliphatic carbocycles. The van der Waals surface area contributed by atoms with E-state index < -0.39 is 5.97 Å². The zero-order valence-corrected chi connectivity index (χ0v) is 11.9. The van der Waals surface area contributed by atoms with Crippen LogP contribution < -0.4 is 4.74 Å². The summed E-state index contributed by atoms with van der Waals surface area (Å²) in [4.78, 5) is 12.4. The van der Waals surface area contributed by atoms with E-state index in [1.807, 2.05) is 20.9 Å². The average Bonchev–Trinajstić information content (AvgIpc) is 2.27. The Hall–Kier alpha value is -1.81. The lowest BCUT2D eigenvalue weighted by atomic mass is 10.1. The first-order valence-electron chi connectivity index (χ1n) is 6.16. The normalized spacial score (nSPS) is 11.2. The van der Waals surface area contributed by atoms with Crippen LogP contribution in [-0.2, 0) is 11.3 Å². The molecule has 19 heavy (non-hydrogen) atoms. The van der Waals surface area contributed by atoms with Gasteiger partial charge in [0.2, 0.25) is 0 Å². The van der Waals surface area contributed by atoms with Crippen molar-refractivity contribution < 1.29 is 14.6 Å². The predicted molar refractivity (Wildman–Crippen MR) is 75.6 cm³/mol. The fraction of sp³-hybridized carbons (Fsp3) is 0.400. The van der Waals surface area contributed by atoms with E-state index in [4.69, 9.17) is 9.84 Å². The number of methoxy groups -OCH3 is 1. The first-order valence-corrected chi connectivity index (χ1v) is 6.16. The molecule has 4 nitrogen and oxygen atoms in total. The third-order valence-electron chi connectivity index (χ3n) is 2.85. The van der Waals surface area contributed by atoms with Crippen molar-refractivity contribution in [2.75, 3.05) is 20.7 Å². The predicted octanol–water partition coefficient (Wildman–Crippen LogP) is 2.38. The lowest BCUT2D eigenvalue weighted by Gasteiger charge is -2.17. The Bertz CT molecular complexity index is 457. The molecule has 4 heteroatoms. The van der Waals surface area contributed by atoms with Gasteiger partial charge in [0.15, 0.2) is 0 Å². The molecule has 0 fully saturated rings. The monoisotopic (exact) mass is 263 g/mol. The number of hydrogen-bond donors (Lipinski definition) is 1. The summed E-state index contributed by atoms with van der Waals surface area (Å²) in [7, 11) is 3.64. The highest BCUT2D eigenvalue weighted by molar-refractivity contribution is 5.79. The van der Waals surface area contributed by atoms with Crippen LogP contribution in [0.1, 0.15) is 16.7 Å². The van der Waals surface area contributed by atoms with Crippen molar-refractivity contribution in [2.45, 2.75) is 20.4 Å². The topological polar surface area (TPSA) is 49.8 Å². The molecule has 0 unspecified atom stereocenters. The van der Waals surface area contributed by atoms with Crippen molar-refractivity contribution in [3.8, 4) is 5.75 Å². The van der Waals surface area contributed by atoms with Crippen LogP contribution in [0.5, 0.6) is 5.75 Å². The molecular weight excluding hydrogens is 242 g/mol. The molecule has 0 amide bonds. The molecule has 104 valence electrons. The maximum Gasteiger partial charge on any atom is 0.328 e. The van der Waals surface area contributed by atoms with Crippen LogP contribution in [0.4, 0.5) is 0 Å². The van der Waals surface area contributed by atoms with Gasteiger partial charge in [-0.05, 0) is 37.6 Å². The molecule has 1 aromatic rings. The quantitative estimate of drug-likeness (QED) is 0.801. The Balaban J connectivity index is 2.69. The van der Waals surface area contributed by atoms with E-state index in [2.05, 4.69) is 17.0 Å². The molecule has 0 radical (unpaired) electrons. The van der Waals surface area contributed by atoms with Crippen LogP contribution in [0.15, 0.2) is 24.3 Å². The first kappa shape index (κ1) is 15.2. The van der Waals surface area contributed by atoms with Crippen molar-refractivity contribution in [1.82, 2.24) is 4.90 Å². The maximum atomic E-state index is 10.4. The van der Waals surface area contributed by atoms with Crippen molar-refractivity contribution in [2.24, 2.45) is 0 Å². The standard InChI is InChI=1S/C15H21NO3/c1-11-8-13(9-12(2)15(11)19-4)10-16(3)7-5-6-14(17)18/h5-6,8-9H,7,10H2,1-4H3,(H,17,18)/b6-5+. The van der Waals surface area contributed by atoms with Gasteiger partial charge in [0, 0.05) is 19.2 Å². The molecular formula is C15H21NO3. The number of carbonyl (C=O) groups is 1. The summed E-state index contributed by atoms with van der Waals surface area (Å²) in [5.74, 6) is 0.0155. The molecule has 0 spiro atoms. The van der Waals surface area contributed by atoms with E-state index >= 15 is 0 Å². The van der Waals surface area contributed by atoms with Crippen molar-refractivity contribution in [1.29, 1.82) is 0 Å². The van der Waals surface area contributed by atoms with Gasteiger partial charge in [-0.15, -0.1) is 0 Å². The summed E-state index contributed by atoms with van der Waals surface area (Å²) in [6.07, 6.45) is 2.81. The number of aliphatic carboxylic acids is 1. The van der Waals surface area contributed by atoms with Crippen LogP contribution in [0.2, 0.25) is 0 Å². The van der Waals surface area contributed by atoms with Gasteiger partial charge in [-0.3, -0.25) is 4.90 Å². The Morgan fingerprint density at radius 2 is 1.95 bits per heavy atom. The molecule has 0 aliphatic heterocycles. The molecule has 0 saturated heterocycles. The zero-order valence-electron chi connectivity index (χ0n) is 11.9. The molecule has 0 saturated carbocycles. The molecule has 0 aliphatic rings. The minimum absolute atomic E-state index is 0.608. The van der Waals surface area contributed by atoms with Crippen LogP contribution in [0.25, 0.3) is 0 Å². The summed E-state index contributed by atoms with van der Waals surface area (Å²) < 4.78 is 5.34. The SMILES string of the molecule is COc1c(C)cc(CN(C)C/C=C/C(=O)O)cc1C. The first-order chi connectivity index (χ1) is 8.93. The second-order valence-electron chi connectivity index (χ2n) is 4.70. The highest BCUT2D eigenvalue weighted by Crippen LogP contribution is 2.24. The maximum absolute atomic E-state index is 10.4. The lowest BCUT2D eigenvalue weighted by Crippen LogP contribution is -2.18. The molecule has 0 atom stereocenters. The second-order valence-corrected chi connectivity index (χ2v) is 4.70. The number of carboxylic acids is 1. The minimum atomic E-state index is -0.912. The van der Waals surface area contributed by atoms with Crippen molar-refractivity contribution in [3.05, 3.63) is 41.0 Å². The summed E-state index contributed by atoms with van der Waals surface area (Å²) in [5, 5.41) is 8.53. The van der Waals surface area contributed by atoms with Gasteiger partial charge in [-0.1, -0.05) is 18.2 Å². The highest BCUT2D eigenvalue weighted by atomic mass is 16.5.